The van der Waals surface area contributed by atoms with Crippen LogP contribution in [0.2, 0.25) is 6.04 Å². The molecule has 0 radical (unpaired) electrons. The lowest BCUT2D eigenvalue weighted by Crippen LogP contribution is -2.46. The summed E-state index contributed by atoms with van der Waals surface area (Å²) in [5, 5.41) is 21.2. The van der Waals surface area contributed by atoms with Gasteiger partial charge >= 0.3 is 8.80 Å². The first-order valence-electron chi connectivity index (χ1n) is 8.24. The maximum Gasteiger partial charge on any atom is 0.500 e. The lowest BCUT2D eigenvalue weighted by atomic mass is 10.4. The van der Waals surface area contributed by atoms with E-state index in [0.717, 1.165) is 19.0 Å². The second kappa shape index (κ2) is 14.5. The van der Waals surface area contributed by atoms with Gasteiger partial charge in [0.15, 0.2) is 0 Å². The zero-order chi connectivity index (χ0) is 16.7. The van der Waals surface area contributed by atoms with Crippen molar-refractivity contribution in [3.63, 3.8) is 0 Å². The third kappa shape index (κ3) is 9.85. The SMILES string of the molecule is CCO[Si](CCCNCN(CCO)CCO)(OCC)OCC. The van der Waals surface area contributed by atoms with Crippen LogP contribution in [0.25, 0.3) is 0 Å². The van der Waals surface area contributed by atoms with Crippen LogP contribution in [0.3, 0.4) is 0 Å². The fourth-order valence-electron chi connectivity index (χ4n) is 2.22. The van der Waals surface area contributed by atoms with Gasteiger partial charge < -0.3 is 28.8 Å². The highest BCUT2D eigenvalue weighted by Crippen LogP contribution is 2.17. The first-order chi connectivity index (χ1) is 10.7. The van der Waals surface area contributed by atoms with Gasteiger partial charge in [-0.15, -0.1) is 0 Å². The van der Waals surface area contributed by atoms with Gasteiger partial charge in [-0.2, -0.15) is 0 Å². The molecule has 3 N–H and O–H groups in total. The molecule has 0 aromatic rings. The molecule has 0 amide bonds. The van der Waals surface area contributed by atoms with Gasteiger partial charge in [0.2, 0.25) is 0 Å². The van der Waals surface area contributed by atoms with Gasteiger partial charge in [0.1, 0.15) is 0 Å². The number of nitrogens with zero attached hydrogens (tertiary/aromatic N) is 1. The molecule has 0 aromatic heterocycles. The van der Waals surface area contributed by atoms with Crippen molar-refractivity contribution in [1.82, 2.24) is 10.2 Å². The summed E-state index contributed by atoms with van der Waals surface area (Å²) in [6.07, 6.45) is 0.901. The molecular formula is C14H34N2O5Si. The summed E-state index contributed by atoms with van der Waals surface area (Å²) >= 11 is 0. The summed E-state index contributed by atoms with van der Waals surface area (Å²) in [5.74, 6) is 0. The molecule has 0 aromatic carbocycles. The highest BCUT2D eigenvalue weighted by atomic mass is 28.4. The van der Waals surface area contributed by atoms with Crippen LogP contribution in [0.15, 0.2) is 0 Å². The molecule has 0 aliphatic heterocycles. The molecule has 134 valence electrons. The first kappa shape index (κ1) is 21.9. The fraction of sp³-hybridized carbons (Fsp3) is 1.00. The summed E-state index contributed by atoms with van der Waals surface area (Å²) < 4.78 is 17.4. The minimum absolute atomic E-state index is 0.0940. The van der Waals surface area contributed by atoms with Gasteiger partial charge in [0.25, 0.3) is 0 Å². The Morgan fingerprint density at radius 3 is 1.82 bits per heavy atom. The second-order valence-electron chi connectivity index (χ2n) is 4.81. The molecule has 0 saturated heterocycles. The highest BCUT2D eigenvalue weighted by Gasteiger charge is 2.39. The summed E-state index contributed by atoms with van der Waals surface area (Å²) in [7, 11) is -2.54. The number of aliphatic hydroxyl groups excluding tert-OH is 2. The average Bonchev–Trinajstić information content (AvgIpc) is 2.48. The van der Waals surface area contributed by atoms with Crippen LogP contribution in [0.4, 0.5) is 0 Å². The van der Waals surface area contributed by atoms with E-state index in [-0.39, 0.29) is 13.2 Å². The minimum atomic E-state index is -2.54. The maximum absolute atomic E-state index is 8.95. The van der Waals surface area contributed by atoms with E-state index in [1.165, 1.54) is 0 Å². The molecule has 0 atom stereocenters. The van der Waals surface area contributed by atoms with Crippen LogP contribution in [-0.2, 0) is 13.3 Å². The van der Waals surface area contributed by atoms with Crippen LogP contribution >= 0.6 is 0 Å². The molecule has 0 spiro atoms. The predicted molar refractivity (Wildman–Crippen MR) is 88.7 cm³/mol. The van der Waals surface area contributed by atoms with Gasteiger partial charge in [-0.1, -0.05) is 0 Å². The van der Waals surface area contributed by atoms with E-state index in [4.69, 9.17) is 23.5 Å². The van der Waals surface area contributed by atoms with Crippen molar-refractivity contribution in [1.29, 1.82) is 0 Å². The monoisotopic (exact) mass is 338 g/mol. The Hall–Kier alpha value is -0.0631. The normalized spacial score (nSPS) is 12.3. The van der Waals surface area contributed by atoms with Gasteiger partial charge in [0, 0.05) is 45.6 Å². The molecule has 8 heteroatoms. The molecule has 0 aliphatic rings. The Labute approximate surface area is 135 Å². The highest BCUT2D eigenvalue weighted by molar-refractivity contribution is 6.60. The molecule has 22 heavy (non-hydrogen) atoms. The number of hydrogen-bond donors (Lipinski definition) is 3. The topological polar surface area (TPSA) is 83.4 Å². The summed E-state index contributed by atoms with van der Waals surface area (Å²) in [5.41, 5.74) is 0. The van der Waals surface area contributed by atoms with E-state index < -0.39 is 8.80 Å². The molecular weight excluding hydrogens is 304 g/mol. The van der Waals surface area contributed by atoms with Crippen LogP contribution in [0.1, 0.15) is 27.2 Å². The van der Waals surface area contributed by atoms with Crippen molar-refractivity contribution in [2.24, 2.45) is 0 Å². The Kier molecular flexibility index (Phi) is 14.5. The first-order valence-corrected chi connectivity index (χ1v) is 10.2. The second-order valence-corrected chi connectivity index (χ2v) is 7.54. The smallest absolute Gasteiger partial charge is 0.395 e. The Bertz CT molecular complexity index is 226. The van der Waals surface area contributed by atoms with E-state index in [2.05, 4.69) is 5.32 Å². The maximum atomic E-state index is 8.95. The van der Waals surface area contributed by atoms with Crippen molar-refractivity contribution in [3.05, 3.63) is 0 Å². The molecule has 0 fully saturated rings. The molecule has 7 nitrogen and oxygen atoms in total. The largest absolute Gasteiger partial charge is 0.500 e. The van der Waals surface area contributed by atoms with E-state index >= 15 is 0 Å². The molecule has 0 aliphatic carbocycles. The Morgan fingerprint density at radius 1 is 0.909 bits per heavy atom. The predicted octanol–water partition coefficient (Wildman–Crippen LogP) is 0.259. The lowest BCUT2D eigenvalue weighted by Gasteiger charge is -2.28. The van der Waals surface area contributed by atoms with E-state index in [1.54, 1.807) is 0 Å². The summed E-state index contributed by atoms with van der Waals surface area (Å²) in [6, 6.07) is 0.787. The van der Waals surface area contributed by atoms with E-state index in [0.29, 0.717) is 39.6 Å². The minimum Gasteiger partial charge on any atom is -0.395 e. The number of aliphatic hydroxyl groups is 2. The number of nitrogens with one attached hydrogen (secondary N) is 1. The van der Waals surface area contributed by atoms with Crippen molar-refractivity contribution < 1.29 is 23.5 Å². The van der Waals surface area contributed by atoms with Crippen LogP contribution in [-0.4, -0.2) is 83.3 Å². The van der Waals surface area contributed by atoms with Gasteiger partial charge in [-0.25, -0.2) is 0 Å². The van der Waals surface area contributed by atoms with Crippen molar-refractivity contribution in [2.75, 3.05) is 59.3 Å². The van der Waals surface area contributed by atoms with Gasteiger partial charge in [-0.05, 0) is 33.7 Å². The van der Waals surface area contributed by atoms with E-state index in [1.807, 2.05) is 25.7 Å². The Morgan fingerprint density at radius 2 is 1.41 bits per heavy atom. The molecule has 0 rings (SSSR count). The van der Waals surface area contributed by atoms with Crippen LogP contribution in [0.5, 0.6) is 0 Å². The zero-order valence-corrected chi connectivity index (χ0v) is 15.3. The van der Waals surface area contributed by atoms with Crippen LogP contribution < -0.4 is 5.32 Å². The van der Waals surface area contributed by atoms with Crippen molar-refractivity contribution >= 4 is 8.80 Å². The third-order valence-electron chi connectivity index (χ3n) is 3.10. The zero-order valence-electron chi connectivity index (χ0n) is 14.3. The fourth-order valence-corrected chi connectivity index (χ4v) is 4.83. The summed E-state index contributed by atoms with van der Waals surface area (Å²) in [4.78, 5) is 1.97. The summed E-state index contributed by atoms with van der Waals surface area (Å²) in [6.45, 7) is 10.4. The molecule has 0 saturated carbocycles. The lowest BCUT2D eigenvalue weighted by molar-refractivity contribution is 0.0707. The molecule has 0 unspecified atom stereocenters. The Balaban J connectivity index is 4.09. The van der Waals surface area contributed by atoms with Gasteiger partial charge in [0.05, 0.1) is 13.2 Å². The van der Waals surface area contributed by atoms with Crippen LogP contribution in [0, 0.1) is 0 Å². The third-order valence-corrected chi connectivity index (χ3v) is 6.25. The van der Waals surface area contributed by atoms with E-state index in [9.17, 15) is 0 Å². The van der Waals surface area contributed by atoms with Crippen molar-refractivity contribution in [2.45, 2.75) is 33.2 Å². The van der Waals surface area contributed by atoms with Gasteiger partial charge in [-0.3, -0.25) is 4.90 Å². The number of hydrogen-bond acceptors (Lipinski definition) is 7. The average molecular weight is 339 g/mol. The number of rotatable bonds is 16. The van der Waals surface area contributed by atoms with Crippen molar-refractivity contribution in [3.8, 4) is 0 Å². The quantitative estimate of drug-likeness (QED) is 0.211. The standard InChI is InChI=1S/C14H34N2O5Si/c1-4-19-22(20-5-2,21-6-3)13-7-8-15-14-16(9-11-17)10-12-18/h15,17-18H,4-14H2,1-3H3. The molecule has 0 bridgehead atoms. The molecule has 0 heterocycles.